The molecule has 0 atom stereocenters. The van der Waals surface area contributed by atoms with Gasteiger partial charge in [-0.05, 0) is 31.0 Å². The number of hydrogen-bond acceptors (Lipinski definition) is 2. The lowest BCUT2D eigenvalue weighted by Gasteiger charge is -2.19. The van der Waals surface area contributed by atoms with E-state index in [2.05, 4.69) is 17.1 Å². The van der Waals surface area contributed by atoms with Crippen molar-refractivity contribution in [2.24, 2.45) is 0 Å². The molecule has 1 aliphatic carbocycles. The Morgan fingerprint density at radius 1 is 1.42 bits per heavy atom. The highest BCUT2D eigenvalue weighted by atomic mass is 19.1. The molecule has 0 radical (unpaired) electrons. The van der Waals surface area contributed by atoms with Crippen LogP contribution in [-0.4, -0.2) is 36.5 Å². The van der Waals surface area contributed by atoms with Crippen LogP contribution in [0.1, 0.15) is 25.3 Å². The van der Waals surface area contributed by atoms with Gasteiger partial charge in [-0.1, -0.05) is 25.1 Å². The first-order chi connectivity index (χ1) is 9.20. The van der Waals surface area contributed by atoms with Crippen molar-refractivity contribution in [2.45, 2.75) is 32.2 Å². The Kier molecular flexibility index (Phi) is 4.91. The number of carbonyl (C=O) groups is 1. The fourth-order valence-corrected chi connectivity index (χ4v) is 2.25. The molecule has 19 heavy (non-hydrogen) atoms. The normalized spacial score (nSPS) is 14.7. The van der Waals surface area contributed by atoms with Gasteiger partial charge >= 0.3 is 0 Å². The number of halogens is 1. The summed E-state index contributed by atoms with van der Waals surface area (Å²) in [6.45, 7) is 4.68. The van der Waals surface area contributed by atoms with Gasteiger partial charge < -0.3 is 5.32 Å². The van der Waals surface area contributed by atoms with Crippen LogP contribution in [0.3, 0.4) is 0 Å². The van der Waals surface area contributed by atoms with Crippen molar-refractivity contribution in [3.05, 3.63) is 35.6 Å². The minimum atomic E-state index is -0.314. The van der Waals surface area contributed by atoms with Crippen molar-refractivity contribution >= 4 is 5.91 Å². The average Bonchev–Trinajstić information content (AvgIpc) is 3.22. The van der Waals surface area contributed by atoms with E-state index in [0.717, 1.165) is 13.1 Å². The molecule has 4 heteroatoms. The molecule has 0 heterocycles. The summed E-state index contributed by atoms with van der Waals surface area (Å²) in [6, 6.07) is 7.13. The van der Waals surface area contributed by atoms with E-state index in [-0.39, 0.29) is 18.1 Å². The van der Waals surface area contributed by atoms with Gasteiger partial charge in [-0.25, -0.2) is 4.39 Å². The van der Waals surface area contributed by atoms with E-state index in [1.165, 1.54) is 18.9 Å². The molecule has 0 aromatic heterocycles. The molecule has 1 saturated carbocycles. The molecule has 0 unspecified atom stereocenters. The summed E-state index contributed by atoms with van der Waals surface area (Å²) in [5.41, 5.74) is 0.453. The highest BCUT2D eigenvalue weighted by molar-refractivity contribution is 5.78. The first kappa shape index (κ1) is 14.0. The summed E-state index contributed by atoms with van der Waals surface area (Å²) in [4.78, 5) is 14.1. The van der Waals surface area contributed by atoms with Gasteiger partial charge in [-0.2, -0.15) is 0 Å². The zero-order chi connectivity index (χ0) is 13.7. The summed E-state index contributed by atoms with van der Waals surface area (Å²) in [6.07, 6.45) is 2.66. The summed E-state index contributed by atoms with van der Waals surface area (Å²) in [7, 11) is 0. The number of nitrogens with one attached hydrogen (secondary N) is 1. The van der Waals surface area contributed by atoms with Crippen molar-refractivity contribution in [3.63, 3.8) is 0 Å². The van der Waals surface area contributed by atoms with Crippen LogP contribution in [0.15, 0.2) is 24.3 Å². The molecule has 1 aromatic carbocycles. The number of likely N-dealkylation sites (N-methyl/N-ethyl adjacent to an activating group) is 1. The lowest BCUT2D eigenvalue weighted by atomic mass is 10.1. The molecule has 104 valence electrons. The van der Waals surface area contributed by atoms with Gasteiger partial charge in [0.1, 0.15) is 5.82 Å². The Balaban J connectivity index is 1.71. The Bertz CT molecular complexity index is 432. The molecule has 3 nitrogen and oxygen atoms in total. The minimum absolute atomic E-state index is 0.113. The van der Waals surface area contributed by atoms with Crippen molar-refractivity contribution in [1.29, 1.82) is 0 Å². The standard InChI is InChI=1S/C15H21FN2O/c1-2-18(13-7-8-13)10-9-17-15(19)11-12-5-3-4-6-14(12)16/h3-6,13H,2,7-11H2,1H3,(H,17,19). The van der Waals surface area contributed by atoms with E-state index < -0.39 is 0 Å². The van der Waals surface area contributed by atoms with Gasteiger partial charge in [-0.15, -0.1) is 0 Å². The Morgan fingerprint density at radius 2 is 2.16 bits per heavy atom. The monoisotopic (exact) mass is 264 g/mol. The summed E-state index contributed by atoms with van der Waals surface area (Å²) < 4.78 is 13.4. The third-order valence-electron chi connectivity index (χ3n) is 3.50. The Morgan fingerprint density at radius 3 is 2.79 bits per heavy atom. The van der Waals surface area contributed by atoms with Crippen LogP contribution in [0.4, 0.5) is 4.39 Å². The van der Waals surface area contributed by atoms with Gasteiger partial charge in [-0.3, -0.25) is 9.69 Å². The third kappa shape index (κ3) is 4.31. The first-order valence-electron chi connectivity index (χ1n) is 6.95. The van der Waals surface area contributed by atoms with Gasteiger partial charge in [0.25, 0.3) is 0 Å². The second kappa shape index (κ2) is 6.66. The lowest BCUT2D eigenvalue weighted by molar-refractivity contribution is -0.120. The van der Waals surface area contributed by atoms with Crippen LogP contribution in [0.5, 0.6) is 0 Å². The van der Waals surface area contributed by atoms with E-state index in [4.69, 9.17) is 0 Å². The topological polar surface area (TPSA) is 32.3 Å². The summed E-state index contributed by atoms with van der Waals surface area (Å²) >= 11 is 0. The van der Waals surface area contributed by atoms with Crippen molar-refractivity contribution in [1.82, 2.24) is 10.2 Å². The quantitative estimate of drug-likeness (QED) is 0.816. The second-order valence-electron chi connectivity index (χ2n) is 4.98. The highest BCUT2D eigenvalue weighted by Gasteiger charge is 2.27. The van der Waals surface area contributed by atoms with Crippen molar-refractivity contribution in [3.8, 4) is 0 Å². The highest BCUT2D eigenvalue weighted by Crippen LogP contribution is 2.25. The summed E-state index contributed by atoms with van der Waals surface area (Å²) in [5.74, 6) is -0.428. The van der Waals surface area contributed by atoms with E-state index in [0.29, 0.717) is 18.2 Å². The van der Waals surface area contributed by atoms with Gasteiger partial charge in [0.15, 0.2) is 0 Å². The molecular formula is C15H21FN2O. The van der Waals surface area contributed by atoms with Crippen LogP contribution in [0.2, 0.25) is 0 Å². The molecule has 1 N–H and O–H groups in total. The number of carbonyl (C=O) groups excluding carboxylic acids is 1. The maximum Gasteiger partial charge on any atom is 0.224 e. The Hall–Kier alpha value is -1.42. The minimum Gasteiger partial charge on any atom is -0.355 e. The van der Waals surface area contributed by atoms with Crippen LogP contribution in [0.25, 0.3) is 0 Å². The van der Waals surface area contributed by atoms with Gasteiger partial charge in [0.05, 0.1) is 6.42 Å². The predicted octanol–water partition coefficient (Wildman–Crippen LogP) is 1.97. The molecule has 1 fully saturated rings. The Labute approximate surface area is 113 Å². The number of amides is 1. The summed E-state index contributed by atoms with van der Waals surface area (Å²) in [5, 5.41) is 2.86. The van der Waals surface area contributed by atoms with E-state index in [9.17, 15) is 9.18 Å². The average molecular weight is 264 g/mol. The van der Waals surface area contributed by atoms with Gasteiger partial charge in [0.2, 0.25) is 5.91 Å². The molecule has 1 aromatic rings. The first-order valence-corrected chi connectivity index (χ1v) is 6.95. The van der Waals surface area contributed by atoms with E-state index in [1.807, 2.05) is 0 Å². The number of rotatable bonds is 7. The molecule has 0 aliphatic heterocycles. The van der Waals surface area contributed by atoms with Crippen LogP contribution < -0.4 is 5.32 Å². The smallest absolute Gasteiger partial charge is 0.224 e. The zero-order valence-electron chi connectivity index (χ0n) is 11.4. The molecule has 0 spiro atoms. The fraction of sp³-hybridized carbons (Fsp3) is 0.533. The van der Waals surface area contributed by atoms with E-state index >= 15 is 0 Å². The largest absolute Gasteiger partial charge is 0.355 e. The molecule has 1 aliphatic rings. The third-order valence-corrected chi connectivity index (χ3v) is 3.50. The number of benzene rings is 1. The number of hydrogen-bond donors (Lipinski definition) is 1. The van der Waals surface area contributed by atoms with E-state index in [1.54, 1.807) is 18.2 Å². The molecular weight excluding hydrogens is 243 g/mol. The van der Waals surface area contributed by atoms with Crippen LogP contribution >= 0.6 is 0 Å². The lowest BCUT2D eigenvalue weighted by Crippen LogP contribution is -2.36. The molecule has 0 saturated heterocycles. The predicted molar refractivity (Wildman–Crippen MR) is 73.4 cm³/mol. The fourth-order valence-electron chi connectivity index (χ4n) is 2.25. The second-order valence-corrected chi connectivity index (χ2v) is 4.98. The van der Waals surface area contributed by atoms with Crippen molar-refractivity contribution in [2.75, 3.05) is 19.6 Å². The molecule has 2 rings (SSSR count). The van der Waals surface area contributed by atoms with Gasteiger partial charge in [0, 0.05) is 19.1 Å². The maximum atomic E-state index is 13.4. The maximum absolute atomic E-state index is 13.4. The molecule has 0 bridgehead atoms. The van der Waals surface area contributed by atoms with Crippen LogP contribution in [0, 0.1) is 5.82 Å². The SMILES string of the molecule is CCN(CCNC(=O)Cc1ccccc1F)C1CC1. The van der Waals surface area contributed by atoms with Crippen molar-refractivity contribution < 1.29 is 9.18 Å². The molecule has 1 amide bonds. The zero-order valence-corrected chi connectivity index (χ0v) is 11.4. The van der Waals surface area contributed by atoms with Crippen LogP contribution in [-0.2, 0) is 11.2 Å². The number of nitrogens with zero attached hydrogens (tertiary/aromatic N) is 1.